The quantitative estimate of drug-likeness (QED) is 0.885. The van der Waals surface area contributed by atoms with Gasteiger partial charge in [0, 0.05) is 36.2 Å². The first-order valence-electron chi connectivity index (χ1n) is 7.93. The number of nitrogens with zero attached hydrogens (tertiary/aromatic N) is 2. The van der Waals surface area contributed by atoms with Gasteiger partial charge in [-0.15, -0.1) is 0 Å². The lowest BCUT2D eigenvalue weighted by Crippen LogP contribution is -2.43. The van der Waals surface area contributed by atoms with Crippen molar-refractivity contribution in [1.29, 1.82) is 0 Å². The largest absolute Gasteiger partial charge is 0.326 e. The number of aromatic nitrogens is 1. The molecule has 0 aliphatic carbocycles. The van der Waals surface area contributed by atoms with Gasteiger partial charge in [-0.2, -0.15) is 4.31 Å². The van der Waals surface area contributed by atoms with E-state index in [9.17, 15) is 13.2 Å². The van der Waals surface area contributed by atoms with Crippen LogP contribution in [-0.2, 0) is 14.8 Å². The molecule has 1 aliphatic heterocycles. The van der Waals surface area contributed by atoms with Crippen LogP contribution in [0, 0.1) is 5.92 Å². The number of sulfonamides is 1. The van der Waals surface area contributed by atoms with E-state index in [1.54, 1.807) is 30.3 Å². The predicted molar refractivity (Wildman–Crippen MR) is 95.8 cm³/mol. The molecule has 0 bridgehead atoms. The van der Waals surface area contributed by atoms with Crippen LogP contribution in [0.3, 0.4) is 0 Å². The minimum Gasteiger partial charge on any atom is -0.326 e. The highest BCUT2D eigenvalue weighted by molar-refractivity contribution is 7.89. The molecule has 1 amide bonds. The lowest BCUT2D eigenvalue weighted by atomic mass is 9.99. The molecule has 6 nitrogen and oxygen atoms in total. The summed E-state index contributed by atoms with van der Waals surface area (Å²) in [7, 11) is -3.63. The van der Waals surface area contributed by atoms with E-state index in [4.69, 9.17) is 11.6 Å². The molecule has 1 N–H and O–H groups in total. The van der Waals surface area contributed by atoms with Gasteiger partial charge in [0.2, 0.25) is 15.9 Å². The van der Waals surface area contributed by atoms with Crippen molar-refractivity contribution in [2.45, 2.75) is 17.7 Å². The second-order valence-corrected chi connectivity index (χ2v) is 8.26. The third kappa shape index (κ3) is 4.18. The summed E-state index contributed by atoms with van der Waals surface area (Å²) < 4.78 is 26.7. The zero-order valence-corrected chi connectivity index (χ0v) is 15.0. The summed E-state index contributed by atoms with van der Waals surface area (Å²) in [4.78, 5) is 16.5. The lowest BCUT2D eigenvalue weighted by molar-refractivity contribution is -0.120. The van der Waals surface area contributed by atoms with E-state index in [2.05, 4.69) is 10.3 Å². The molecule has 25 heavy (non-hydrogen) atoms. The van der Waals surface area contributed by atoms with Crippen molar-refractivity contribution in [2.75, 3.05) is 18.4 Å². The van der Waals surface area contributed by atoms with Gasteiger partial charge in [0.25, 0.3) is 0 Å². The number of halogens is 1. The maximum Gasteiger partial charge on any atom is 0.244 e. The van der Waals surface area contributed by atoms with Gasteiger partial charge >= 0.3 is 0 Å². The van der Waals surface area contributed by atoms with Crippen molar-refractivity contribution in [1.82, 2.24) is 9.29 Å². The highest BCUT2D eigenvalue weighted by Crippen LogP contribution is 2.24. The van der Waals surface area contributed by atoms with E-state index < -0.39 is 15.9 Å². The molecule has 3 rings (SSSR count). The second-order valence-electron chi connectivity index (χ2n) is 5.89. The van der Waals surface area contributed by atoms with Crippen LogP contribution in [0.1, 0.15) is 12.8 Å². The van der Waals surface area contributed by atoms with E-state index in [1.165, 1.54) is 22.8 Å². The number of hydrogen-bond donors (Lipinski definition) is 1. The zero-order chi connectivity index (χ0) is 17.9. The summed E-state index contributed by atoms with van der Waals surface area (Å²) in [5.41, 5.74) is 0.640. The van der Waals surface area contributed by atoms with Crippen LogP contribution in [0.25, 0.3) is 0 Å². The zero-order valence-electron chi connectivity index (χ0n) is 13.4. The molecule has 1 unspecified atom stereocenters. The van der Waals surface area contributed by atoms with Gasteiger partial charge in [0.05, 0.1) is 5.92 Å². The molecular formula is C17H18ClN3O3S. The highest BCUT2D eigenvalue weighted by Gasteiger charge is 2.33. The average molecular weight is 380 g/mol. The van der Waals surface area contributed by atoms with Crippen LogP contribution < -0.4 is 5.32 Å². The Morgan fingerprint density at radius 3 is 2.68 bits per heavy atom. The van der Waals surface area contributed by atoms with E-state index in [0.717, 1.165) is 0 Å². The van der Waals surface area contributed by atoms with Gasteiger partial charge in [0.1, 0.15) is 4.90 Å². The van der Waals surface area contributed by atoms with Gasteiger partial charge in [-0.05, 0) is 49.2 Å². The van der Waals surface area contributed by atoms with Gasteiger partial charge in [-0.1, -0.05) is 11.6 Å². The summed E-state index contributed by atoms with van der Waals surface area (Å²) in [6, 6.07) is 9.91. The van der Waals surface area contributed by atoms with E-state index in [0.29, 0.717) is 30.1 Å². The fourth-order valence-electron chi connectivity index (χ4n) is 2.80. The van der Waals surface area contributed by atoms with E-state index in [-0.39, 0.29) is 17.3 Å². The Hall–Kier alpha value is -1.96. The van der Waals surface area contributed by atoms with Crippen LogP contribution >= 0.6 is 11.6 Å². The number of piperidine rings is 1. The number of pyridine rings is 1. The molecule has 1 aliphatic rings. The summed E-state index contributed by atoms with van der Waals surface area (Å²) in [5, 5.41) is 3.41. The molecule has 1 saturated heterocycles. The van der Waals surface area contributed by atoms with Gasteiger partial charge in [-0.25, -0.2) is 8.42 Å². The number of carbonyl (C=O) groups excluding carboxylic acids is 1. The first kappa shape index (κ1) is 17.8. The molecule has 2 heterocycles. The van der Waals surface area contributed by atoms with Crippen LogP contribution in [0.4, 0.5) is 5.69 Å². The highest BCUT2D eigenvalue weighted by atomic mass is 35.5. The first-order valence-corrected chi connectivity index (χ1v) is 9.75. The Morgan fingerprint density at radius 2 is 2.00 bits per heavy atom. The van der Waals surface area contributed by atoms with Crippen molar-refractivity contribution in [2.24, 2.45) is 5.92 Å². The van der Waals surface area contributed by atoms with Gasteiger partial charge < -0.3 is 5.32 Å². The Labute approximate surface area is 151 Å². The molecular weight excluding hydrogens is 362 g/mol. The normalized spacial score (nSPS) is 18.7. The SMILES string of the molecule is O=C(Nc1ccc(Cl)cc1)C1CCCN(S(=O)(=O)c2cccnc2)C1. The third-order valence-corrected chi connectivity index (χ3v) is 6.24. The smallest absolute Gasteiger partial charge is 0.244 e. The Bertz CT molecular complexity index is 841. The standard InChI is InChI=1S/C17H18ClN3O3S/c18-14-5-7-15(8-6-14)20-17(22)13-3-2-10-21(12-13)25(23,24)16-4-1-9-19-11-16/h1,4-9,11,13H,2-3,10,12H2,(H,20,22). The van der Waals surface area contributed by atoms with Crippen LogP contribution in [0.5, 0.6) is 0 Å². The third-order valence-electron chi connectivity index (χ3n) is 4.14. The number of amides is 1. The molecule has 0 saturated carbocycles. The minimum atomic E-state index is -3.63. The molecule has 1 aromatic heterocycles. The van der Waals surface area contributed by atoms with Crippen LogP contribution in [0.2, 0.25) is 5.02 Å². The lowest BCUT2D eigenvalue weighted by Gasteiger charge is -2.31. The number of hydrogen-bond acceptors (Lipinski definition) is 4. The monoisotopic (exact) mass is 379 g/mol. The predicted octanol–water partition coefficient (Wildman–Crippen LogP) is 2.77. The maximum atomic E-state index is 12.7. The van der Waals surface area contributed by atoms with Crippen molar-refractivity contribution in [3.05, 3.63) is 53.8 Å². The summed E-state index contributed by atoms with van der Waals surface area (Å²) in [5.74, 6) is -0.579. The number of nitrogens with one attached hydrogen (secondary N) is 1. The molecule has 2 aromatic rings. The molecule has 1 aromatic carbocycles. The van der Waals surface area contributed by atoms with Crippen molar-refractivity contribution in [3.63, 3.8) is 0 Å². The fraction of sp³-hybridized carbons (Fsp3) is 0.294. The summed E-state index contributed by atoms with van der Waals surface area (Å²) >= 11 is 5.83. The Kier molecular flexibility index (Phi) is 5.36. The fourth-order valence-corrected chi connectivity index (χ4v) is 4.42. The minimum absolute atomic E-state index is 0.147. The Balaban J connectivity index is 1.70. The molecule has 0 radical (unpaired) electrons. The molecule has 0 spiro atoms. The van der Waals surface area contributed by atoms with Gasteiger partial charge in [-0.3, -0.25) is 9.78 Å². The van der Waals surface area contributed by atoms with Crippen LogP contribution in [-0.4, -0.2) is 36.7 Å². The number of anilines is 1. The van der Waals surface area contributed by atoms with Crippen LogP contribution in [0.15, 0.2) is 53.7 Å². The summed E-state index contributed by atoms with van der Waals surface area (Å²) in [6.07, 6.45) is 4.14. The number of rotatable bonds is 4. The van der Waals surface area contributed by atoms with Crippen molar-refractivity contribution in [3.8, 4) is 0 Å². The molecule has 1 fully saturated rings. The first-order chi connectivity index (χ1) is 12.0. The maximum absolute atomic E-state index is 12.7. The van der Waals surface area contributed by atoms with E-state index >= 15 is 0 Å². The van der Waals surface area contributed by atoms with Gasteiger partial charge in [0.15, 0.2) is 0 Å². The van der Waals surface area contributed by atoms with E-state index in [1.807, 2.05) is 0 Å². The topological polar surface area (TPSA) is 79.4 Å². The second kappa shape index (κ2) is 7.51. The Morgan fingerprint density at radius 1 is 1.24 bits per heavy atom. The average Bonchev–Trinajstić information content (AvgIpc) is 2.64. The number of carbonyl (C=O) groups is 1. The molecule has 1 atom stereocenters. The molecule has 8 heteroatoms. The van der Waals surface area contributed by atoms with Crippen molar-refractivity contribution >= 4 is 33.2 Å². The molecule has 132 valence electrons. The van der Waals surface area contributed by atoms with Crippen molar-refractivity contribution < 1.29 is 13.2 Å². The summed E-state index contributed by atoms with van der Waals surface area (Å²) in [6.45, 7) is 0.568. The number of benzene rings is 1.